The molecule has 2 amide bonds. The predicted octanol–water partition coefficient (Wildman–Crippen LogP) is 3.95. The number of carboxylic acids is 1. The van der Waals surface area contributed by atoms with Gasteiger partial charge in [0.2, 0.25) is 11.8 Å². The van der Waals surface area contributed by atoms with Gasteiger partial charge in [-0.25, -0.2) is 4.79 Å². The van der Waals surface area contributed by atoms with Crippen molar-refractivity contribution in [1.82, 2.24) is 0 Å². The first-order valence-electron chi connectivity index (χ1n) is 10.6. The van der Waals surface area contributed by atoms with Gasteiger partial charge in [-0.05, 0) is 67.6 Å². The minimum absolute atomic E-state index is 0.0946. The molecule has 32 heavy (non-hydrogen) atoms. The molecule has 0 saturated carbocycles. The Labute approximate surface area is 192 Å². The van der Waals surface area contributed by atoms with Gasteiger partial charge >= 0.3 is 5.97 Å². The van der Waals surface area contributed by atoms with Crippen LogP contribution in [0.3, 0.4) is 0 Å². The Bertz CT molecular complexity index is 946. The van der Waals surface area contributed by atoms with E-state index in [9.17, 15) is 14.4 Å². The summed E-state index contributed by atoms with van der Waals surface area (Å²) in [6, 6.07) is 13.4. The maximum absolute atomic E-state index is 12.5. The second kappa shape index (κ2) is 11.1. The number of benzene rings is 2. The zero-order valence-corrected chi connectivity index (χ0v) is 18.7. The van der Waals surface area contributed by atoms with Gasteiger partial charge in [-0.1, -0.05) is 12.1 Å². The maximum Gasteiger partial charge on any atom is 0.335 e. The van der Waals surface area contributed by atoms with Gasteiger partial charge in [-0.15, -0.1) is 11.6 Å². The number of carbonyl (C=O) groups excluding carboxylic acids is 2. The summed E-state index contributed by atoms with van der Waals surface area (Å²) in [4.78, 5) is 37.6. The molecule has 3 rings (SSSR count). The van der Waals surface area contributed by atoms with E-state index in [-0.39, 0.29) is 23.3 Å². The van der Waals surface area contributed by atoms with Gasteiger partial charge in [-0.2, -0.15) is 0 Å². The summed E-state index contributed by atoms with van der Waals surface area (Å²) in [6.45, 7) is 3.90. The van der Waals surface area contributed by atoms with Crippen molar-refractivity contribution in [1.29, 1.82) is 0 Å². The lowest BCUT2D eigenvalue weighted by atomic mass is 9.96. The molecule has 0 spiro atoms. The number of hydrogen-bond acceptors (Lipinski definition) is 4. The first-order valence-corrected chi connectivity index (χ1v) is 11.1. The van der Waals surface area contributed by atoms with Gasteiger partial charge in [0, 0.05) is 37.6 Å². The molecule has 2 aromatic carbocycles. The van der Waals surface area contributed by atoms with E-state index in [1.165, 1.54) is 24.3 Å². The quantitative estimate of drug-likeness (QED) is 0.554. The van der Waals surface area contributed by atoms with Gasteiger partial charge < -0.3 is 20.1 Å². The molecule has 2 unspecified atom stereocenters. The van der Waals surface area contributed by atoms with Crippen LogP contribution in [0.5, 0.6) is 0 Å². The molecule has 1 saturated heterocycles. The molecule has 170 valence electrons. The molecule has 2 N–H and O–H groups in total. The minimum atomic E-state index is -1.03. The highest BCUT2D eigenvalue weighted by Crippen LogP contribution is 2.25. The standard InChI is InChI=1S/C24H27ClN2O5/c1-2-32-15-17-11-12-27(22(28)14-17)20-9-3-16(4-10-20)13-21(25)23(29)26-19-7-5-18(6-8-19)24(30)31/h3-10,17,21H,2,11-15H2,1H3,(H,26,29)(H,30,31). The number of ether oxygens (including phenoxy) is 1. The Hall–Kier alpha value is -2.90. The maximum atomic E-state index is 12.5. The number of halogens is 1. The molecule has 8 heteroatoms. The molecule has 0 bridgehead atoms. The van der Waals surface area contributed by atoms with Crippen molar-refractivity contribution >= 4 is 40.8 Å². The molecule has 0 radical (unpaired) electrons. The molecular weight excluding hydrogens is 432 g/mol. The van der Waals surface area contributed by atoms with Crippen LogP contribution >= 0.6 is 11.6 Å². The van der Waals surface area contributed by atoms with Crippen LogP contribution in [0.1, 0.15) is 35.7 Å². The molecule has 2 atom stereocenters. The Balaban J connectivity index is 1.53. The Kier molecular flexibility index (Phi) is 8.25. The molecule has 1 heterocycles. The fourth-order valence-electron chi connectivity index (χ4n) is 3.62. The Morgan fingerprint density at radius 1 is 1.19 bits per heavy atom. The number of rotatable bonds is 9. The van der Waals surface area contributed by atoms with Crippen LogP contribution < -0.4 is 10.2 Å². The van der Waals surface area contributed by atoms with Crippen molar-refractivity contribution in [3.05, 3.63) is 59.7 Å². The highest BCUT2D eigenvalue weighted by molar-refractivity contribution is 6.32. The topological polar surface area (TPSA) is 95.9 Å². The monoisotopic (exact) mass is 458 g/mol. The second-order valence-corrected chi connectivity index (χ2v) is 8.30. The molecule has 0 aromatic heterocycles. The van der Waals surface area contributed by atoms with Crippen LogP contribution in [0.15, 0.2) is 48.5 Å². The number of anilines is 2. The van der Waals surface area contributed by atoms with Crippen LogP contribution in [0, 0.1) is 5.92 Å². The van der Waals surface area contributed by atoms with Crippen LogP contribution in [0.25, 0.3) is 0 Å². The Morgan fingerprint density at radius 3 is 2.47 bits per heavy atom. The average molecular weight is 459 g/mol. The fourth-order valence-corrected chi connectivity index (χ4v) is 3.86. The summed E-state index contributed by atoms with van der Waals surface area (Å²) in [5.74, 6) is -1.03. The summed E-state index contributed by atoms with van der Waals surface area (Å²) in [5, 5.41) is 10.8. The number of hydrogen-bond donors (Lipinski definition) is 2. The van der Waals surface area contributed by atoms with Gasteiger partial charge in [0.25, 0.3) is 0 Å². The van der Waals surface area contributed by atoms with Crippen LogP contribution in [0.2, 0.25) is 0 Å². The number of nitrogens with one attached hydrogen (secondary N) is 1. The van der Waals surface area contributed by atoms with E-state index in [4.69, 9.17) is 21.4 Å². The third kappa shape index (κ3) is 6.31. The smallest absolute Gasteiger partial charge is 0.335 e. The number of alkyl halides is 1. The second-order valence-electron chi connectivity index (χ2n) is 7.77. The molecular formula is C24H27ClN2O5. The highest BCUT2D eigenvalue weighted by Gasteiger charge is 2.27. The van der Waals surface area contributed by atoms with Crippen molar-refractivity contribution in [2.24, 2.45) is 5.92 Å². The van der Waals surface area contributed by atoms with Crippen LogP contribution in [0.4, 0.5) is 11.4 Å². The van der Waals surface area contributed by atoms with Gasteiger partial charge in [0.05, 0.1) is 5.56 Å². The largest absolute Gasteiger partial charge is 0.478 e. The lowest BCUT2D eigenvalue weighted by Gasteiger charge is -2.31. The average Bonchev–Trinajstić information content (AvgIpc) is 2.78. The third-order valence-corrected chi connectivity index (χ3v) is 5.78. The first-order chi connectivity index (χ1) is 15.4. The van der Waals surface area contributed by atoms with E-state index in [1.807, 2.05) is 31.2 Å². The molecule has 7 nitrogen and oxygen atoms in total. The third-order valence-electron chi connectivity index (χ3n) is 5.43. The fraction of sp³-hybridized carbons (Fsp3) is 0.375. The van der Waals surface area contributed by atoms with Crippen molar-refractivity contribution < 1.29 is 24.2 Å². The number of nitrogens with zero attached hydrogens (tertiary/aromatic N) is 1. The van der Waals surface area contributed by atoms with E-state index in [0.29, 0.717) is 38.3 Å². The molecule has 1 fully saturated rings. The number of amides is 2. The molecule has 0 aliphatic carbocycles. The summed E-state index contributed by atoms with van der Waals surface area (Å²) < 4.78 is 5.45. The van der Waals surface area contributed by atoms with E-state index >= 15 is 0 Å². The number of piperidine rings is 1. The van der Waals surface area contributed by atoms with Gasteiger partial charge in [-0.3, -0.25) is 9.59 Å². The number of aromatic carboxylic acids is 1. The molecule has 1 aliphatic heterocycles. The number of carboxylic acid groups (broad SMARTS) is 1. The van der Waals surface area contributed by atoms with Gasteiger partial charge in [0.15, 0.2) is 0 Å². The van der Waals surface area contributed by atoms with E-state index < -0.39 is 11.3 Å². The van der Waals surface area contributed by atoms with Crippen molar-refractivity contribution in [3.8, 4) is 0 Å². The highest BCUT2D eigenvalue weighted by atomic mass is 35.5. The van der Waals surface area contributed by atoms with Crippen molar-refractivity contribution in [3.63, 3.8) is 0 Å². The number of carbonyl (C=O) groups is 3. The zero-order chi connectivity index (χ0) is 23.1. The van der Waals surface area contributed by atoms with Crippen LogP contribution in [-0.4, -0.2) is 48.0 Å². The summed E-state index contributed by atoms with van der Waals surface area (Å²) in [5.41, 5.74) is 2.33. The summed E-state index contributed by atoms with van der Waals surface area (Å²) in [6.07, 6.45) is 1.72. The molecule has 1 aliphatic rings. The molecule has 2 aromatic rings. The zero-order valence-electron chi connectivity index (χ0n) is 17.9. The van der Waals surface area contributed by atoms with E-state index in [1.54, 1.807) is 4.90 Å². The first kappa shape index (κ1) is 23.8. The van der Waals surface area contributed by atoms with Crippen molar-refractivity contribution in [2.45, 2.75) is 31.6 Å². The Morgan fingerprint density at radius 2 is 1.88 bits per heavy atom. The minimum Gasteiger partial charge on any atom is -0.478 e. The predicted molar refractivity (Wildman–Crippen MR) is 123 cm³/mol. The van der Waals surface area contributed by atoms with Crippen LogP contribution in [-0.2, 0) is 20.7 Å². The lowest BCUT2D eigenvalue weighted by Crippen LogP contribution is -2.40. The van der Waals surface area contributed by atoms with E-state index in [0.717, 1.165) is 17.7 Å². The SMILES string of the molecule is CCOCC1CCN(c2ccc(CC(Cl)C(=O)Nc3ccc(C(=O)O)cc3)cc2)C(=O)C1. The van der Waals surface area contributed by atoms with Gasteiger partial charge in [0.1, 0.15) is 5.38 Å². The van der Waals surface area contributed by atoms with Crippen molar-refractivity contribution in [2.75, 3.05) is 30.0 Å². The normalized spacial score (nSPS) is 17.1. The van der Waals surface area contributed by atoms with E-state index in [2.05, 4.69) is 5.32 Å². The summed E-state index contributed by atoms with van der Waals surface area (Å²) >= 11 is 6.28. The lowest BCUT2D eigenvalue weighted by molar-refractivity contribution is -0.121. The summed E-state index contributed by atoms with van der Waals surface area (Å²) in [7, 11) is 0.